The summed E-state index contributed by atoms with van der Waals surface area (Å²) in [6.07, 6.45) is -0.282. The van der Waals surface area contributed by atoms with Crippen molar-refractivity contribution in [3.05, 3.63) is 44.1 Å². The third kappa shape index (κ3) is 2.34. The average Bonchev–Trinajstić information content (AvgIpc) is 3.00. The molecule has 0 atom stereocenters. The highest BCUT2D eigenvalue weighted by atomic mass is 35.5. The number of hydrogen-bond acceptors (Lipinski definition) is 4. The maximum Gasteiger partial charge on any atom is 0.307 e. The largest absolute Gasteiger partial charge is 0.481 e. The molecule has 3 heterocycles. The van der Waals surface area contributed by atoms with Crippen molar-refractivity contribution in [3.63, 3.8) is 0 Å². The van der Waals surface area contributed by atoms with Crippen LogP contribution in [-0.4, -0.2) is 15.6 Å². The summed E-state index contributed by atoms with van der Waals surface area (Å²) >= 11 is 7.22. The van der Waals surface area contributed by atoms with Crippen LogP contribution in [-0.2, 0) is 18.3 Å². The fourth-order valence-electron chi connectivity index (χ4n) is 2.39. The van der Waals surface area contributed by atoms with Gasteiger partial charge < -0.3 is 14.1 Å². The lowest BCUT2D eigenvalue weighted by atomic mass is 10.1. The Labute approximate surface area is 134 Å². The van der Waals surface area contributed by atoms with E-state index in [4.69, 9.17) is 21.1 Å². The van der Waals surface area contributed by atoms with Gasteiger partial charge in [0, 0.05) is 24.4 Å². The van der Waals surface area contributed by atoms with Gasteiger partial charge in [-0.1, -0.05) is 11.6 Å². The van der Waals surface area contributed by atoms with E-state index < -0.39 is 5.97 Å². The fraction of sp³-hybridized carbons (Fsp3) is 0.200. The third-order valence-corrected chi connectivity index (χ3v) is 4.78. The van der Waals surface area contributed by atoms with E-state index in [-0.39, 0.29) is 12.0 Å². The van der Waals surface area contributed by atoms with E-state index in [9.17, 15) is 9.59 Å². The summed E-state index contributed by atoms with van der Waals surface area (Å²) < 4.78 is 7.84. The van der Waals surface area contributed by atoms with Gasteiger partial charge in [0.1, 0.15) is 11.3 Å². The maximum atomic E-state index is 12.5. The molecule has 0 saturated carbocycles. The molecule has 0 radical (unpaired) electrons. The van der Waals surface area contributed by atoms with Crippen LogP contribution >= 0.6 is 22.9 Å². The number of thiophene rings is 1. The minimum Gasteiger partial charge on any atom is -0.481 e. The van der Waals surface area contributed by atoms with Crippen molar-refractivity contribution in [2.75, 3.05) is 0 Å². The molecule has 0 unspecified atom stereocenters. The molecule has 1 N–H and O–H groups in total. The summed E-state index contributed by atoms with van der Waals surface area (Å²) in [4.78, 5) is 24.4. The molecular weight excluding hydrogens is 326 g/mol. The number of fused-ring (bicyclic) bond motifs is 1. The minimum absolute atomic E-state index is 0.260. The summed E-state index contributed by atoms with van der Waals surface area (Å²) in [6.45, 7) is 1.79. The predicted molar refractivity (Wildman–Crippen MR) is 85.9 cm³/mol. The Kier molecular flexibility index (Phi) is 3.58. The molecule has 7 heteroatoms. The molecule has 3 aromatic heterocycles. The van der Waals surface area contributed by atoms with Gasteiger partial charge in [-0.05, 0) is 19.1 Å². The lowest BCUT2D eigenvalue weighted by Crippen LogP contribution is -2.19. The topological polar surface area (TPSA) is 72.4 Å². The third-order valence-electron chi connectivity index (χ3n) is 3.55. The Bertz CT molecular complexity index is 950. The van der Waals surface area contributed by atoms with Gasteiger partial charge in [0.15, 0.2) is 0 Å². The molecule has 114 valence electrons. The number of aromatic nitrogens is 1. The Hall–Kier alpha value is -2.05. The van der Waals surface area contributed by atoms with Crippen LogP contribution in [0.5, 0.6) is 0 Å². The molecular formula is C15H12ClNO4S. The second kappa shape index (κ2) is 5.30. The predicted octanol–water partition coefficient (Wildman–Crippen LogP) is 3.45. The van der Waals surface area contributed by atoms with Crippen LogP contribution in [0, 0.1) is 6.92 Å². The van der Waals surface area contributed by atoms with E-state index in [1.807, 2.05) is 0 Å². The number of carbonyl (C=O) groups is 1. The average molecular weight is 338 g/mol. The first-order valence-corrected chi connectivity index (χ1v) is 7.67. The molecule has 0 amide bonds. The molecule has 3 aromatic rings. The number of carboxylic acids is 1. The van der Waals surface area contributed by atoms with Gasteiger partial charge in [0.25, 0.3) is 5.56 Å². The Morgan fingerprint density at radius 3 is 2.77 bits per heavy atom. The molecule has 0 fully saturated rings. The molecule has 0 saturated heterocycles. The van der Waals surface area contributed by atoms with E-state index in [2.05, 4.69) is 0 Å². The zero-order chi connectivity index (χ0) is 16.0. The summed E-state index contributed by atoms with van der Waals surface area (Å²) in [5, 5.41) is 9.48. The van der Waals surface area contributed by atoms with Crippen molar-refractivity contribution < 1.29 is 14.3 Å². The van der Waals surface area contributed by atoms with Crippen LogP contribution in [0.15, 0.2) is 27.4 Å². The van der Waals surface area contributed by atoms with Crippen molar-refractivity contribution in [1.29, 1.82) is 0 Å². The van der Waals surface area contributed by atoms with Crippen LogP contribution in [0.3, 0.4) is 0 Å². The summed E-state index contributed by atoms with van der Waals surface area (Å²) in [5.41, 5.74) is 1.27. The number of pyridine rings is 1. The zero-order valence-electron chi connectivity index (χ0n) is 11.8. The Morgan fingerprint density at radius 1 is 1.45 bits per heavy atom. The number of nitrogens with zero attached hydrogens (tertiary/aromatic N) is 1. The molecule has 0 aliphatic rings. The molecule has 22 heavy (non-hydrogen) atoms. The number of furan rings is 1. The monoisotopic (exact) mass is 337 g/mol. The van der Waals surface area contributed by atoms with E-state index in [1.54, 1.807) is 32.2 Å². The summed E-state index contributed by atoms with van der Waals surface area (Å²) in [5.74, 6) is -0.619. The smallest absolute Gasteiger partial charge is 0.307 e. The summed E-state index contributed by atoms with van der Waals surface area (Å²) in [6, 6.07) is 5.21. The fourth-order valence-corrected chi connectivity index (χ4v) is 3.44. The standard InChI is InChI=1S/C15H12ClNO4S/c1-7-5-9-13(15(20)17(7)2)8(6-12(18)19)14(21-9)10-3-4-11(16)22-10/h3-5H,6H2,1-2H3,(H,18,19). The van der Waals surface area contributed by atoms with Crippen molar-refractivity contribution in [2.45, 2.75) is 13.3 Å². The normalized spacial score (nSPS) is 11.2. The first kappa shape index (κ1) is 14.9. The van der Waals surface area contributed by atoms with E-state index in [1.165, 1.54) is 15.9 Å². The van der Waals surface area contributed by atoms with Gasteiger partial charge >= 0.3 is 5.97 Å². The van der Waals surface area contributed by atoms with Gasteiger partial charge in [0.2, 0.25) is 0 Å². The Morgan fingerprint density at radius 2 is 2.18 bits per heavy atom. The number of rotatable bonds is 3. The van der Waals surface area contributed by atoms with E-state index in [0.717, 1.165) is 5.69 Å². The Balaban J connectivity index is 2.39. The number of aliphatic carboxylic acids is 1. The van der Waals surface area contributed by atoms with Gasteiger partial charge in [0.05, 0.1) is 21.0 Å². The van der Waals surface area contributed by atoms with Crippen LogP contribution in [0.4, 0.5) is 0 Å². The number of carboxylic acid groups (broad SMARTS) is 1. The first-order chi connectivity index (χ1) is 10.4. The molecule has 0 spiro atoms. The van der Waals surface area contributed by atoms with Crippen LogP contribution in [0.1, 0.15) is 11.3 Å². The van der Waals surface area contributed by atoms with Crippen LogP contribution in [0.25, 0.3) is 21.6 Å². The zero-order valence-corrected chi connectivity index (χ0v) is 13.4. The SMILES string of the molecule is Cc1cc2oc(-c3ccc(Cl)s3)c(CC(=O)O)c2c(=O)n1C. The molecule has 3 rings (SSSR count). The quantitative estimate of drug-likeness (QED) is 0.794. The molecule has 5 nitrogen and oxygen atoms in total. The summed E-state index contributed by atoms with van der Waals surface area (Å²) in [7, 11) is 1.65. The lowest BCUT2D eigenvalue weighted by molar-refractivity contribution is -0.136. The maximum absolute atomic E-state index is 12.5. The highest BCUT2D eigenvalue weighted by Gasteiger charge is 2.22. The lowest BCUT2D eigenvalue weighted by Gasteiger charge is -2.02. The molecule has 0 bridgehead atoms. The van der Waals surface area contributed by atoms with Crippen molar-refractivity contribution >= 4 is 39.9 Å². The molecule has 0 aliphatic heterocycles. The number of aryl methyl sites for hydroxylation is 1. The molecule has 0 aliphatic carbocycles. The first-order valence-electron chi connectivity index (χ1n) is 6.48. The highest BCUT2D eigenvalue weighted by molar-refractivity contribution is 7.19. The second-order valence-corrected chi connectivity index (χ2v) is 6.69. The minimum atomic E-state index is -1.02. The number of halogens is 1. The van der Waals surface area contributed by atoms with Crippen molar-refractivity contribution in [1.82, 2.24) is 4.57 Å². The second-order valence-electron chi connectivity index (χ2n) is 4.97. The van der Waals surface area contributed by atoms with E-state index in [0.29, 0.717) is 31.5 Å². The van der Waals surface area contributed by atoms with Gasteiger partial charge in [-0.25, -0.2) is 0 Å². The van der Waals surface area contributed by atoms with Crippen molar-refractivity contribution in [2.24, 2.45) is 7.05 Å². The van der Waals surface area contributed by atoms with Crippen molar-refractivity contribution in [3.8, 4) is 10.6 Å². The van der Waals surface area contributed by atoms with Gasteiger partial charge in [-0.2, -0.15) is 0 Å². The van der Waals surface area contributed by atoms with E-state index >= 15 is 0 Å². The van der Waals surface area contributed by atoms with Gasteiger partial charge in [-0.15, -0.1) is 11.3 Å². The number of hydrogen-bond donors (Lipinski definition) is 1. The van der Waals surface area contributed by atoms with Crippen LogP contribution < -0.4 is 5.56 Å². The molecule has 0 aromatic carbocycles. The highest BCUT2D eigenvalue weighted by Crippen LogP contribution is 2.38. The van der Waals surface area contributed by atoms with Crippen LogP contribution in [0.2, 0.25) is 4.34 Å². The van der Waals surface area contributed by atoms with Gasteiger partial charge in [-0.3, -0.25) is 9.59 Å².